The first-order chi connectivity index (χ1) is 12.6. The highest BCUT2D eigenvalue weighted by atomic mass is 32.1. The summed E-state index contributed by atoms with van der Waals surface area (Å²) in [5.41, 5.74) is 4.62. The third kappa shape index (κ3) is 4.08. The standard InChI is InChI=1S/C20H21N3O2S/c1-4-25-19(24)18-12-21-23(15(18)3)20-22-17(13-26-20)10-6-9-16-8-5-7-14(2)11-16/h5-8,10-13H,4,9H2,1-3H3/b10-6+. The molecule has 2 aromatic heterocycles. The van der Waals surface area contributed by atoms with Gasteiger partial charge in [-0.1, -0.05) is 35.9 Å². The van der Waals surface area contributed by atoms with Crippen molar-refractivity contribution in [2.45, 2.75) is 27.2 Å². The zero-order valence-corrected chi connectivity index (χ0v) is 15.9. The molecule has 3 aromatic rings. The maximum atomic E-state index is 11.9. The molecule has 1 aromatic carbocycles. The molecule has 0 radical (unpaired) electrons. The Balaban J connectivity index is 1.72. The molecule has 6 heteroatoms. The molecule has 5 nitrogen and oxygen atoms in total. The molecule has 2 heterocycles. The Morgan fingerprint density at radius 2 is 2.19 bits per heavy atom. The number of aromatic nitrogens is 3. The molecule has 0 N–H and O–H groups in total. The number of benzene rings is 1. The van der Waals surface area contributed by atoms with E-state index in [1.54, 1.807) is 11.6 Å². The van der Waals surface area contributed by atoms with Crippen LogP contribution in [0, 0.1) is 13.8 Å². The van der Waals surface area contributed by atoms with Crippen molar-refractivity contribution in [3.8, 4) is 5.13 Å². The lowest BCUT2D eigenvalue weighted by atomic mass is 10.1. The number of ether oxygens (including phenoxy) is 1. The summed E-state index contributed by atoms with van der Waals surface area (Å²) in [4.78, 5) is 16.5. The first-order valence-corrected chi connectivity index (χ1v) is 9.36. The van der Waals surface area contributed by atoms with Crippen LogP contribution in [0.15, 0.2) is 41.9 Å². The minimum Gasteiger partial charge on any atom is -0.462 e. The highest BCUT2D eigenvalue weighted by molar-refractivity contribution is 7.12. The minimum absolute atomic E-state index is 0.344. The Morgan fingerprint density at radius 3 is 2.96 bits per heavy atom. The van der Waals surface area contributed by atoms with Gasteiger partial charge in [0.15, 0.2) is 0 Å². The number of hydrogen-bond acceptors (Lipinski definition) is 5. The summed E-state index contributed by atoms with van der Waals surface area (Å²) in [5.74, 6) is -0.355. The zero-order chi connectivity index (χ0) is 18.5. The first kappa shape index (κ1) is 18.1. The van der Waals surface area contributed by atoms with E-state index >= 15 is 0 Å². The van der Waals surface area contributed by atoms with Crippen molar-refractivity contribution in [1.29, 1.82) is 0 Å². The highest BCUT2D eigenvalue weighted by Crippen LogP contribution is 2.20. The molecule has 0 saturated heterocycles. The predicted molar refractivity (Wildman–Crippen MR) is 104 cm³/mol. The first-order valence-electron chi connectivity index (χ1n) is 8.48. The SMILES string of the molecule is CCOC(=O)c1cnn(-c2nc(/C=C/Cc3cccc(C)c3)cs2)c1C. The summed E-state index contributed by atoms with van der Waals surface area (Å²) in [7, 11) is 0. The van der Waals surface area contributed by atoms with Crippen molar-refractivity contribution in [2.75, 3.05) is 6.61 Å². The number of carbonyl (C=O) groups excluding carboxylic acids is 1. The van der Waals surface area contributed by atoms with E-state index in [0.29, 0.717) is 12.2 Å². The van der Waals surface area contributed by atoms with Crippen molar-refractivity contribution in [3.63, 3.8) is 0 Å². The van der Waals surface area contributed by atoms with Crippen LogP contribution in [0.5, 0.6) is 0 Å². The van der Waals surface area contributed by atoms with E-state index in [1.165, 1.54) is 28.7 Å². The van der Waals surface area contributed by atoms with Gasteiger partial charge >= 0.3 is 5.97 Å². The van der Waals surface area contributed by atoms with Gasteiger partial charge in [0.25, 0.3) is 0 Å². The van der Waals surface area contributed by atoms with E-state index in [0.717, 1.165) is 22.9 Å². The zero-order valence-electron chi connectivity index (χ0n) is 15.1. The van der Waals surface area contributed by atoms with Gasteiger partial charge in [0.2, 0.25) is 5.13 Å². The summed E-state index contributed by atoms with van der Waals surface area (Å²) >= 11 is 1.49. The molecular formula is C20H21N3O2S. The van der Waals surface area contributed by atoms with E-state index in [-0.39, 0.29) is 5.97 Å². The molecule has 3 rings (SSSR count). The van der Waals surface area contributed by atoms with Crippen LogP contribution >= 0.6 is 11.3 Å². The molecule has 0 saturated carbocycles. The Morgan fingerprint density at radius 1 is 1.35 bits per heavy atom. The molecule has 134 valence electrons. The highest BCUT2D eigenvalue weighted by Gasteiger charge is 2.17. The second-order valence-electron chi connectivity index (χ2n) is 5.93. The predicted octanol–water partition coefficient (Wildman–Crippen LogP) is 4.38. The van der Waals surface area contributed by atoms with Gasteiger partial charge in [-0.2, -0.15) is 5.10 Å². The third-order valence-electron chi connectivity index (χ3n) is 3.92. The fraction of sp³-hybridized carbons (Fsp3) is 0.250. The number of aryl methyl sites for hydroxylation is 1. The van der Waals surface area contributed by atoms with Crippen LogP contribution in [0.2, 0.25) is 0 Å². The second kappa shape index (κ2) is 8.10. The van der Waals surface area contributed by atoms with Gasteiger partial charge in [-0.05, 0) is 38.8 Å². The van der Waals surface area contributed by atoms with Gasteiger partial charge in [0, 0.05) is 5.38 Å². The van der Waals surface area contributed by atoms with Crippen molar-refractivity contribution >= 4 is 23.4 Å². The normalized spacial score (nSPS) is 11.2. The van der Waals surface area contributed by atoms with E-state index in [9.17, 15) is 4.79 Å². The monoisotopic (exact) mass is 367 g/mol. The number of rotatable bonds is 6. The van der Waals surface area contributed by atoms with Crippen LogP contribution < -0.4 is 0 Å². The molecule has 0 aliphatic carbocycles. The van der Waals surface area contributed by atoms with Gasteiger partial charge in [0.1, 0.15) is 5.56 Å². The fourth-order valence-electron chi connectivity index (χ4n) is 2.62. The topological polar surface area (TPSA) is 57.0 Å². The number of esters is 1. The number of hydrogen-bond donors (Lipinski definition) is 0. The maximum Gasteiger partial charge on any atom is 0.341 e. The van der Waals surface area contributed by atoms with E-state index in [4.69, 9.17) is 4.74 Å². The van der Waals surface area contributed by atoms with E-state index in [1.807, 2.05) is 18.4 Å². The lowest BCUT2D eigenvalue weighted by Crippen LogP contribution is -2.06. The number of allylic oxidation sites excluding steroid dienone is 1. The molecule has 0 spiro atoms. The summed E-state index contributed by atoms with van der Waals surface area (Å²) in [6.07, 6.45) is 6.51. The largest absolute Gasteiger partial charge is 0.462 e. The Hall–Kier alpha value is -2.73. The molecule has 0 atom stereocenters. The maximum absolute atomic E-state index is 11.9. The van der Waals surface area contributed by atoms with E-state index < -0.39 is 0 Å². The molecule has 0 fully saturated rings. The van der Waals surface area contributed by atoms with Gasteiger partial charge < -0.3 is 4.74 Å². The van der Waals surface area contributed by atoms with Crippen molar-refractivity contribution in [1.82, 2.24) is 14.8 Å². The molecule has 26 heavy (non-hydrogen) atoms. The van der Waals surface area contributed by atoms with Crippen LogP contribution in [0.4, 0.5) is 0 Å². The van der Waals surface area contributed by atoms with Crippen LogP contribution in [0.25, 0.3) is 11.2 Å². The summed E-state index contributed by atoms with van der Waals surface area (Å²) < 4.78 is 6.72. The van der Waals surface area contributed by atoms with Crippen LogP contribution in [-0.4, -0.2) is 27.3 Å². The number of nitrogens with zero attached hydrogens (tertiary/aromatic N) is 3. The minimum atomic E-state index is -0.355. The Bertz CT molecular complexity index is 940. The summed E-state index contributed by atoms with van der Waals surface area (Å²) in [6.45, 7) is 6.06. The lowest BCUT2D eigenvalue weighted by Gasteiger charge is -2.01. The second-order valence-corrected chi connectivity index (χ2v) is 6.76. The number of thiazole rings is 1. The lowest BCUT2D eigenvalue weighted by molar-refractivity contribution is 0.0525. The number of carbonyl (C=O) groups is 1. The van der Waals surface area contributed by atoms with Gasteiger partial charge in [-0.15, -0.1) is 11.3 Å². The smallest absolute Gasteiger partial charge is 0.341 e. The summed E-state index contributed by atoms with van der Waals surface area (Å²) in [5, 5.41) is 6.99. The summed E-state index contributed by atoms with van der Waals surface area (Å²) in [6, 6.07) is 8.46. The van der Waals surface area contributed by atoms with E-state index in [2.05, 4.69) is 47.3 Å². The van der Waals surface area contributed by atoms with Gasteiger partial charge in [-0.25, -0.2) is 14.5 Å². The molecule has 0 bridgehead atoms. The average Bonchev–Trinajstić information content (AvgIpc) is 3.21. The fourth-order valence-corrected chi connectivity index (χ4v) is 3.42. The third-order valence-corrected chi connectivity index (χ3v) is 4.76. The van der Waals surface area contributed by atoms with Gasteiger partial charge in [0.05, 0.1) is 24.2 Å². The molecule has 0 unspecified atom stereocenters. The van der Waals surface area contributed by atoms with Gasteiger partial charge in [-0.3, -0.25) is 0 Å². The van der Waals surface area contributed by atoms with Crippen LogP contribution in [0.3, 0.4) is 0 Å². The molecule has 0 aliphatic rings. The van der Waals surface area contributed by atoms with Crippen molar-refractivity contribution in [2.24, 2.45) is 0 Å². The Labute approximate surface area is 157 Å². The Kier molecular flexibility index (Phi) is 5.63. The molecular weight excluding hydrogens is 346 g/mol. The average molecular weight is 367 g/mol. The van der Waals surface area contributed by atoms with Crippen LogP contribution in [0.1, 0.15) is 39.8 Å². The van der Waals surface area contributed by atoms with Crippen molar-refractivity contribution < 1.29 is 9.53 Å². The molecule has 0 amide bonds. The van der Waals surface area contributed by atoms with Crippen molar-refractivity contribution in [3.05, 3.63) is 70.0 Å². The quantitative estimate of drug-likeness (QED) is 0.607. The van der Waals surface area contributed by atoms with Crippen LogP contribution in [-0.2, 0) is 11.2 Å². The molecule has 0 aliphatic heterocycles.